The van der Waals surface area contributed by atoms with Crippen molar-refractivity contribution >= 4 is 21.8 Å². The van der Waals surface area contributed by atoms with Gasteiger partial charge < -0.3 is 4.57 Å². The van der Waals surface area contributed by atoms with Gasteiger partial charge in [0.2, 0.25) is 0 Å². The zero-order valence-corrected chi connectivity index (χ0v) is 36.4. The SMILES string of the molecule is N#Cc1ccc(-c2ccc3c4ccccc4n(-c4c(-c5cc(-c6ccccc6)nc(-c6ccccc6)n5)cc(C(F)(F)F)cc4-c4cc(-c5ccccc5)nc(-c5ccccc5)n4)c3c2)c(C#N)c1. The van der Waals surface area contributed by atoms with Crippen LogP contribution in [0.5, 0.6) is 0 Å². The van der Waals surface area contributed by atoms with Crippen molar-refractivity contribution in [2.24, 2.45) is 0 Å². The lowest BCUT2D eigenvalue weighted by molar-refractivity contribution is -0.137. The predicted molar refractivity (Wildman–Crippen MR) is 264 cm³/mol. The molecule has 0 aliphatic rings. The molecule has 0 N–H and O–H groups in total. The number of rotatable bonds is 8. The first kappa shape index (κ1) is 42.1. The maximum Gasteiger partial charge on any atom is 0.416 e. The number of halogens is 3. The van der Waals surface area contributed by atoms with E-state index in [0.29, 0.717) is 73.1 Å². The van der Waals surface area contributed by atoms with Gasteiger partial charge in [-0.25, -0.2) is 19.9 Å². The Kier molecular flexibility index (Phi) is 10.6. The number of alkyl halides is 3. The summed E-state index contributed by atoms with van der Waals surface area (Å²) in [5.41, 5.74) is 7.43. The molecule has 0 fully saturated rings. The number of para-hydroxylation sites is 1. The molecule has 7 nitrogen and oxygen atoms in total. The highest BCUT2D eigenvalue weighted by molar-refractivity contribution is 6.11. The fraction of sp³-hybridized carbons (Fsp3) is 0.0169. The van der Waals surface area contributed by atoms with Gasteiger partial charge in [0.1, 0.15) is 0 Å². The van der Waals surface area contributed by atoms with Crippen molar-refractivity contribution in [1.29, 1.82) is 10.5 Å². The third-order valence-corrected chi connectivity index (χ3v) is 12.1. The second-order valence-corrected chi connectivity index (χ2v) is 16.4. The normalized spacial score (nSPS) is 11.4. The maximum absolute atomic E-state index is 15.8. The first-order valence-corrected chi connectivity index (χ1v) is 22.0. The van der Waals surface area contributed by atoms with Gasteiger partial charge >= 0.3 is 6.18 Å². The maximum atomic E-state index is 15.8. The van der Waals surface area contributed by atoms with E-state index < -0.39 is 11.7 Å². The van der Waals surface area contributed by atoms with Gasteiger partial charge in [0.15, 0.2) is 11.6 Å². The molecule has 0 atom stereocenters. The van der Waals surface area contributed by atoms with Crippen molar-refractivity contribution in [3.63, 3.8) is 0 Å². The first-order valence-electron chi connectivity index (χ1n) is 22.0. The molecule has 326 valence electrons. The van der Waals surface area contributed by atoms with Crippen molar-refractivity contribution in [1.82, 2.24) is 24.5 Å². The summed E-state index contributed by atoms with van der Waals surface area (Å²) in [6, 6.07) is 66.4. The van der Waals surface area contributed by atoms with Crippen LogP contribution in [0.3, 0.4) is 0 Å². The van der Waals surface area contributed by atoms with Crippen molar-refractivity contribution in [2.75, 3.05) is 0 Å². The van der Waals surface area contributed by atoms with Gasteiger partial charge in [0.05, 0.1) is 68.3 Å². The Bertz CT molecular complexity index is 3580. The minimum absolute atomic E-state index is 0.168. The number of benzene rings is 8. The third kappa shape index (κ3) is 7.92. The Balaban J connectivity index is 1.32. The zero-order valence-electron chi connectivity index (χ0n) is 36.4. The minimum atomic E-state index is -4.81. The average Bonchev–Trinajstić information content (AvgIpc) is 3.74. The topological polar surface area (TPSA) is 104 Å². The molecular weight excluding hydrogens is 864 g/mol. The lowest BCUT2D eigenvalue weighted by Crippen LogP contribution is -2.10. The highest BCUT2D eigenvalue weighted by Crippen LogP contribution is 2.46. The predicted octanol–water partition coefficient (Wildman–Crippen LogP) is 14.8. The molecule has 11 rings (SSSR count). The van der Waals surface area contributed by atoms with Crippen LogP contribution >= 0.6 is 0 Å². The highest BCUT2D eigenvalue weighted by Gasteiger charge is 2.35. The second-order valence-electron chi connectivity index (χ2n) is 16.4. The number of nitrogens with zero attached hydrogens (tertiary/aromatic N) is 7. The summed E-state index contributed by atoms with van der Waals surface area (Å²) in [5.74, 6) is 0.650. The molecule has 0 aliphatic carbocycles. The van der Waals surface area contributed by atoms with E-state index in [1.807, 2.05) is 168 Å². The lowest BCUT2D eigenvalue weighted by atomic mass is 9.95. The summed E-state index contributed by atoms with van der Waals surface area (Å²) in [5, 5.41) is 21.7. The molecule has 8 aromatic carbocycles. The fourth-order valence-corrected chi connectivity index (χ4v) is 8.88. The van der Waals surface area contributed by atoms with Crippen molar-refractivity contribution in [3.05, 3.63) is 223 Å². The van der Waals surface area contributed by atoms with E-state index in [9.17, 15) is 10.5 Å². The van der Waals surface area contributed by atoms with Crippen LogP contribution in [0, 0.1) is 22.7 Å². The Morgan fingerprint density at radius 2 is 0.870 bits per heavy atom. The Morgan fingerprint density at radius 1 is 0.391 bits per heavy atom. The second kappa shape index (κ2) is 17.4. The van der Waals surface area contributed by atoms with Gasteiger partial charge in [-0.1, -0.05) is 158 Å². The van der Waals surface area contributed by atoms with Gasteiger partial charge in [-0.05, 0) is 59.7 Å². The van der Waals surface area contributed by atoms with Crippen molar-refractivity contribution < 1.29 is 13.2 Å². The molecule has 0 amide bonds. The summed E-state index contributed by atoms with van der Waals surface area (Å²) in [6.45, 7) is 0. The van der Waals surface area contributed by atoms with Gasteiger partial charge in [-0.2, -0.15) is 23.7 Å². The van der Waals surface area contributed by atoms with Crippen LogP contribution in [0.15, 0.2) is 206 Å². The first-order chi connectivity index (χ1) is 33.7. The third-order valence-electron chi connectivity index (χ3n) is 12.1. The molecule has 0 bridgehead atoms. The number of aromatic nitrogens is 5. The Hall–Kier alpha value is -9.51. The van der Waals surface area contributed by atoms with Crippen LogP contribution in [0.1, 0.15) is 16.7 Å². The summed E-state index contributed by atoms with van der Waals surface area (Å²) >= 11 is 0. The van der Waals surface area contributed by atoms with E-state index in [4.69, 9.17) is 19.9 Å². The van der Waals surface area contributed by atoms with Crippen LogP contribution in [-0.2, 0) is 6.18 Å². The van der Waals surface area contributed by atoms with Crippen molar-refractivity contribution in [2.45, 2.75) is 6.18 Å². The molecule has 3 aromatic heterocycles. The standard InChI is InChI=1S/C59H34F3N7/c60-59(61,62)44-31-48(52-33-50(38-15-5-1-6-16-38)65-57(67-52)40-19-9-3-10-20-40)56(49(32-44)53-34-51(39-17-7-2-8-18-39)66-58(68-53)41-21-11-4-12-22-41)69-54-24-14-13-23-46(54)47-28-26-42(30-55(47)69)45-27-25-37(35-63)29-43(45)36-64/h1-34H. The summed E-state index contributed by atoms with van der Waals surface area (Å²) in [7, 11) is 0. The van der Waals surface area contributed by atoms with Crippen LogP contribution in [0.4, 0.5) is 13.2 Å². The molecule has 0 saturated heterocycles. The van der Waals surface area contributed by atoms with Crippen LogP contribution < -0.4 is 0 Å². The summed E-state index contributed by atoms with van der Waals surface area (Å²) in [6.07, 6.45) is -4.81. The molecule has 69 heavy (non-hydrogen) atoms. The molecule has 11 aromatic rings. The highest BCUT2D eigenvalue weighted by atomic mass is 19.4. The molecule has 0 unspecified atom stereocenters. The van der Waals surface area contributed by atoms with E-state index >= 15 is 13.2 Å². The monoisotopic (exact) mass is 897 g/mol. The largest absolute Gasteiger partial charge is 0.416 e. The van der Waals surface area contributed by atoms with Gasteiger partial charge in [0.25, 0.3) is 0 Å². The molecule has 0 radical (unpaired) electrons. The van der Waals surface area contributed by atoms with Crippen LogP contribution in [0.2, 0.25) is 0 Å². The zero-order chi connectivity index (χ0) is 47.1. The number of fused-ring (bicyclic) bond motifs is 3. The molecule has 0 saturated carbocycles. The summed E-state index contributed by atoms with van der Waals surface area (Å²) in [4.78, 5) is 20.3. The van der Waals surface area contributed by atoms with Gasteiger partial charge in [0, 0.05) is 44.2 Å². The van der Waals surface area contributed by atoms with Crippen LogP contribution in [-0.4, -0.2) is 24.5 Å². The van der Waals surface area contributed by atoms with E-state index in [1.54, 1.807) is 30.3 Å². The Labute approximate surface area is 394 Å². The van der Waals surface area contributed by atoms with E-state index in [2.05, 4.69) is 12.1 Å². The Morgan fingerprint density at radius 3 is 1.38 bits per heavy atom. The summed E-state index contributed by atoms with van der Waals surface area (Å²) < 4.78 is 49.3. The van der Waals surface area contributed by atoms with Gasteiger partial charge in [-0.3, -0.25) is 0 Å². The number of nitriles is 2. The van der Waals surface area contributed by atoms with E-state index in [0.717, 1.165) is 21.9 Å². The van der Waals surface area contributed by atoms with Crippen LogP contribution in [0.25, 0.3) is 106 Å². The minimum Gasteiger partial charge on any atom is -0.308 e. The molecule has 0 spiro atoms. The smallest absolute Gasteiger partial charge is 0.308 e. The number of hydrogen-bond donors (Lipinski definition) is 0. The molecule has 3 heterocycles. The fourth-order valence-electron chi connectivity index (χ4n) is 8.88. The molecular formula is C59H34F3N7. The quantitative estimate of drug-likeness (QED) is 0.150. The average molecular weight is 898 g/mol. The molecule has 0 aliphatic heterocycles. The lowest BCUT2D eigenvalue weighted by Gasteiger charge is -2.22. The van der Waals surface area contributed by atoms with E-state index in [1.165, 1.54) is 12.1 Å². The number of hydrogen-bond acceptors (Lipinski definition) is 6. The van der Waals surface area contributed by atoms with Gasteiger partial charge in [-0.15, -0.1) is 0 Å². The van der Waals surface area contributed by atoms with E-state index in [-0.39, 0.29) is 22.5 Å². The van der Waals surface area contributed by atoms with Crippen molar-refractivity contribution in [3.8, 4) is 96.8 Å². The molecule has 10 heteroatoms.